The molecule has 0 radical (unpaired) electrons. The molecule has 18 heavy (non-hydrogen) atoms. The second kappa shape index (κ2) is 6.96. The fourth-order valence-corrected chi connectivity index (χ4v) is 2.22. The average Bonchev–Trinajstić information content (AvgIpc) is 2.80. The van der Waals surface area contributed by atoms with E-state index in [4.69, 9.17) is 0 Å². The summed E-state index contributed by atoms with van der Waals surface area (Å²) in [6, 6.07) is 3.44. The highest BCUT2D eigenvalue weighted by atomic mass is 32.1. The van der Waals surface area contributed by atoms with E-state index in [1.807, 2.05) is 31.4 Å². The highest BCUT2D eigenvalue weighted by Crippen LogP contribution is 2.22. The molecule has 0 bridgehead atoms. The number of thiophene rings is 1. The van der Waals surface area contributed by atoms with Gasteiger partial charge in [-0.15, -0.1) is 11.3 Å². The Morgan fingerprint density at radius 3 is 2.72 bits per heavy atom. The first-order valence-corrected chi connectivity index (χ1v) is 6.46. The van der Waals surface area contributed by atoms with Crippen LogP contribution in [0.15, 0.2) is 29.2 Å². The molecule has 0 aromatic carbocycles. The topological polar surface area (TPSA) is 55.4 Å². The normalized spacial score (nSPS) is 11.5. The van der Waals surface area contributed by atoms with Crippen LogP contribution in [0.25, 0.3) is 0 Å². The molecule has 1 unspecified atom stereocenters. The fourth-order valence-electron chi connectivity index (χ4n) is 1.44. The Morgan fingerprint density at radius 1 is 1.50 bits per heavy atom. The standard InChI is InChI=1S/C13H17NO3S/c1-9(2)7-12(15)14-10(8-13(16)17-3)11-5-4-6-18-11/h4-7,10H,8H2,1-3H3,(H,14,15). The largest absolute Gasteiger partial charge is 0.469 e. The van der Waals surface area contributed by atoms with Gasteiger partial charge in [0.1, 0.15) is 0 Å². The Bertz CT molecular complexity index is 433. The number of ether oxygens (including phenoxy) is 1. The number of methoxy groups -OCH3 is 1. The van der Waals surface area contributed by atoms with Gasteiger partial charge < -0.3 is 10.1 Å². The molecule has 1 atom stereocenters. The molecule has 1 N–H and O–H groups in total. The molecule has 0 aliphatic carbocycles. The number of carbonyl (C=O) groups is 2. The summed E-state index contributed by atoms with van der Waals surface area (Å²) < 4.78 is 4.64. The smallest absolute Gasteiger partial charge is 0.307 e. The summed E-state index contributed by atoms with van der Waals surface area (Å²) in [5.74, 6) is -0.539. The van der Waals surface area contributed by atoms with Crippen LogP contribution in [-0.2, 0) is 14.3 Å². The molecule has 4 nitrogen and oxygen atoms in total. The van der Waals surface area contributed by atoms with E-state index in [0.717, 1.165) is 10.5 Å². The molecule has 1 heterocycles. The molecular formula is C13H17NO3S. The van der Waals surface area contributed by atoms with Crippen molar-refractivity contribution >= 4 is 23.2 Å². The van der Waals surface area contributed by atoms with Crippen molar-refractivity contribution in [3.05, 3.63) is 34.0 Å². The zero-order valence-electron chi connectivity index (χ0n) is 10.7. The average molecular weight is 267 g/mol. The Labute approximate surface area is 111 Å². The number of allylic oxidation sites excluding steroid dienone is 1. The zero-order chi connectivity index (χ0) is 13.5. The van der Waals surface area contributed by atoms with Gasteiger partial charge in [0.2, 0.25) is 5.91 Å². The van der Waals surface area contributed by atoms with Crippen molar-refractivity contribution in [3.63, 3.8) is 0 Å². The summed E-state index contributed by atoms with van der Waals surface area (Å²) in [6.07, 6.45) is 1.65. The first-order chi connectivity index (χ1) is 8.52. The first kappa shape index (κ1) is 14.4. The van der Waals surface area contributed by atoms with Crippen LogP contribution in [0.2, 0.25) is 0 Å². The van der Waals surface area contributed by atoms with Crippen molar-refractivity contribution in [1.29, 1.82) is 0 Å². The molecule has 1 amide bonds. The lowest BCUT2D eigenvalue weighted by Crippen LogP contribution is -2.28. The minimum absolute atomic E-state index is 0.138. The van der Waals surface area contributed by atoms with Crippen LogP contribution in [0, 0.1) is 0 Å². The maximum Gasteiger partial charge on any atom is 0.307 e. The van der Waals surface area contributed by atoms with Gasteiger partial charge in [0.25, 0.3) is 0 Å². The Kier molecular flexibility index (Phi) is 5.58. The van der Waals surface area contributed by atoms with E-state index in [9.17, 15) is 9.59 Å². The van der Waals surface area contributed by atoms with Crippen LogP contribution in [0.1, 0.15) is 31.2 Å². The maximum atomic E-state index is 11.7. The van der Waals surface area contributed by atoms with Gasteiger partial charge in [-0.3, -0.25) is 9.59 Å². The number of rotatable bonds is 5. The highest BCUT2D eigenvalue weighted by Gasteiger charge is 2.18. The van der Waals surface area contributed by atoms with Crippen molar-refractivity contribution < 1.29 is 14.3 Å². The molecule has 5 heteroatoms. The van der Waals surface area contributed by atoms with Gasteiger partial charge in [-0.05, 0) is 25.3 Å². The molecule has 0 saturated carbocycles. The SMILES string of the molecule is COC(=O)CC(NC(=O)C=C(C)C)c1cccs1. The van der Waals surface area contributed by atoms with Gasteiger partial charge >= 0.3 is 5.97 Å². The molecule has 1 aromatic heterocycles. The summed E-state index contributed by atoms with van der Waals surface area (Å²) in [4.78, 5) is 24.0. The third-order valence-corrected chi connectivity index (χ3v) is 3.21. The second-order valence-corrected chi connectivity index (χ2v) is 5.06. The van der Waals surface area contributed by atoms with Gasteiger partial charge in [-0.2, -0.15) is 0 Å². The summed E-state index contributed by atoms with van der Waals surface area (Å²) in [5, 5.41) is 4.72. The van der Waals surface area contributed by atoms with Crippen molar-refractivity contribution in [2.75, 3.05) is 7.11 Å². The van der Waals surface area contributed by atoms with Crippen molar-refractivity contribution in [2.24, 2.45) is 0 Å². The Hall–Kier alpha value is -1.62. The quantitative estimate of drug-likeness (QED) is 0.658. The third kappa shape index (κ3) is 4.71. The molecule has 0 fully saturated rings. The van der Waals surface area contributed by atoms with Gasteiger partial charge in [0.15, 0.2) is 0 Å². The number of amides is 1. The molecule has 98 valence electrons. The number of carbonyl (C=O) groups excluding carboxylic acids is 2. The lowest BCUT2D eigenvalue weighted by molar-refractivity contribution is -0.141. The number of esters is 1. The summed E-state index contributed by atoms with van der Waals surface area (Å²) in [6.45, 7) is 3.69. The summed E-state index contributed by atoms with van der Waals surface area (Å²) >= 11 is 1.50. The summed E-state index contributed by atoms with van der Waals surface area (Å²) in [5.41, 5.74) is 0.912. The van der Waals surface area contributed by atoms with Gasteiger partial charge in [0, 0.05) is 11.0 Å². The molecular weight excluding hydrogens is 250 g/mol. The zero-order valence-corrected chi connectivity index (χ0v) is 11.5. The predicted molar refractivity (Wildman–Crippen MR) is 71.3 cm³/mol. The fraction of sp³-hybridized carbons (Fsp3) is 0.385. The molecule has 1 rings (SSSR count). The van der Waals surface area contributed by atoms with E-state index in [2.05, 4.69) is 10.1 Å². The molecule has 0 aliphatic rings. The first-order valence-electron chi connectivity index (χ1n) is 5.58. The van der Waals surface area contributed by atoms with Crippen LogP contribution in [0.3, 0.4) is 0 Å². The van der Waals surface area contributed by atoms with Crippen molar-refractivity contribution in [1.82, 2.24) is 5.32 Å². The van der Waals surface area contributed by atoms with E-state index in [1.165, 1.54) is 24.5 Å². The van der Waals surface area contributed by atoms with E-state index in [-0.39, 0.29) is 24.3 Å². The minimum Gasteiger partial charge on any atom is -0.469 e. The van der Waals surface area contributed by atoms with Crippen molar-refractivity contribution in [2.45, 2.75) is 26.3 Å². The number of nitrogens with one attached hydrogen (secondary N) is 1. The van der Waals surface area contributed by atoms with Crippen LogP contribution in [-0.4, -0.2) is 19.0 Å². The van der Waals surface area contributed by atoms with Crippen LogP contribution >= 0.6 is 11.3 Å². The van der Waals surface area contributed by atoms with E-state index in [1.54, 1.807) is 0 Å². The van der Waals surface area contributed by atoms with Gasteiger partial charge in [-0.1, -0.05) is 11.6 Å². The Balaban J connectivity index is 2.76. The minimum atomic E-state index is -0.342. The summed E-state index contributed by atoms with van der Waals surface area (Å²) in [7, 11) is 1.34. The molecule has 0 spiro atoms. The van der Waals surface area contributed by atoms with Crippen LogP contribution in [0.4, 0.5) is 0 Å². The number of hydrogen-bond acceptors (Lipinski definition) is 4. The van der Waals surface area contributed by atoms with E-state index in [0.29, 0.717) is 0 Å². The highest BCUT2D eigenvalue weighted by molar-refractivity contribution is 7.10. The monoisotopic (exact) mass is 267 g/mol. The molecule has 0 aliphatic heterocycles. The van der Waals surface area contributed by atoms with Gasteiger partial charge in [0.05, 0.1) is 19.6 Å². The Morgan fingerprint density at radius 2 is 2.22 bits per heavy atom. The molecule has 0 saturated heterocycles. The lowest BCUT2D eigenvalue weighted by Gasteiger charge is -2.15. The van der Waals surface area contributed by atoms with Crippen LogP contribution in [0.5, 0.6) is 0 Å². The number of hydrogen-bond donors (Lipinski definition) is 1. The van der Waals surface area contributed by atoms with Crippen molar-refractivity contribution in [3.8, 4) is 0 Å². The van der Waals surface area contributed by atoms with Gasteiger partial charge in [-0.25, -0.2) is 0 Å². The maximum absolute atomic E-state index is 11.7. The van der Waals surface area contributed by atoms with E-state index < -0.39 is 0 Å². The van der Waals surface area contributed by atoms with Crippen LogP contribution < -0.4 is 5.32 Å². The third-order valence-electron chi connectivity index (χ3n) is 2.22. The second-order valence-electron chi connectivity index (χ2n) is 4.08. The molecule has 1 aromatic rings. The lowest BCUT2D eigenvalue weighted by atomic mass is 10.1. The van der Waals surface area contributed by atoms with E-state index >= 15 is 0 Å². The predicted octanol–water partition coefficient (Wildman–Crippen LogP) is 2.43.